The third-order valence-electron chi connectivity index (χ3n) is 3.59. The van der Waals surface area contributed by atoms with Gasteiger partial charge in [-0.15, -0.1) is 0 Å². The van der Waals surface area contributed by atoms with Crippen molar-refractivity contribution in [2.75, 3.05) is 30.4 Å². The Balaban J connectivity index is 1.89. The first-order chi connectivity index (χ1) is 8.79. The summed E-state index contributed by atoms with van der Waals surface area (Å²) in [6, 6.07) is 2.10. The Morgan fingerprint density at radius 2 is 2.22 bits per heavy atom. The van der Waals surface area contributed by atoms with Gasteiger partial charge in [-0.2, -0.15) is 0 Å². The van der Waals surface area contributed by atoms with Crippen molar-refractivity contribution in [1.82, 2.24) is 10.2 Å². The van der Waals surface area contributed by atoms with Crippen LogP contribution in [0.1, 0.15) is 25.7 Å². The van der Waals surface area contributed by atoms with Crippen molar-refractivity contribution >= 4 is 28.4 Å². The van der Waals surface area contributed by atoms with E-state index >= 15 is 0 Å². The van der Waals surface area contributed by atoms with Gasteiger partial charge in [0.1, 0.15) is 0 Å². The van der Waals surface area contributed by atoms with Gasteiger partial charge in [0.05, 0.1) is 0 Å². The molecule has 1 aromatic heterocycles. The van der Waals surface area contributed by atoms with E-state index in [9.17, 15) is 0 Å². The molecule has 100 valence electrons. The molecule has 18 heavy (non-hydrogen) atoms. The minimum atomic E-state index is 0.825. The topological polar surface area (TPSA) is 41.1 Å². The van der Waals surface area contributed by atoms with Crippen LogP contribution in [0.3, 0.4) is 0 Å². The van der Waals surface area contributed by atoms with Crippen LogP contribution < -0.4 is 10.2 Å². The number of nitrogens with one attached hydrogen (secondary N) is 1. The van der Waals surface area contributed by atoms with Gasteiger partial charge in [0.15, 0.2) is 0 Å². The van der Waals surface area contributed by atoms with E-state index in [0.29, 0.717) is 0 Å². The first-order valence-electron chi connectivity index (χ1n) is 6.77. The Kier molecular flexibility index (Phi) is 5.30. The summed E-state index contributed by atoms with van der Waals surface area (Å²) in [5.41, 5.74) is 1.15. The van der Waals surface area contributed by atoms with Crippen molar-refractivity contribution in [3.63, 3.8) is 0 Å². The number of rotatable bonds is 6. The van der Waals surface area contributed by atoms with Crippen LogP contribution in [-0.2, 0) is 0 Å². The molecule has 1 unspecified atom stereocenters. The summed E-state index contributed by atoms with van der Waals surface area (Å²) in [7, 11) is 2.11. The van der Waals surface area contributed by atoms with Gasteiger partial charge < -0.3 is 0 Å². The normalized spacial score (nSPS) is 15.9. The van der Waals surface area contributed by atoms with Gasteiger partial charge in [0.25, 0.3) is 0 Å². The number of hydrogen-bond acceptors (Lipinski definition) is 4. The maximum atomic E-state index is 4.16. The zero-order chi connectivity index (χ0) is 12.8. The molecule has 2 rings (SSSR count). The molecule has 0 spiro atoms. The molecule has 1 heterocycles. The molecule has 0 amide bonds. The molecular weight excluding hydrogens is 287 g/mol. The van der Waals surface area contributed by atoms with Crippen LogP contribution in [-0.4, -0.2) is 47.2 Å². The molecule has 1 N–H and O–H groups in total. The number of aromatic nitrogens is 2. The molecule has 0 aliphatic heterocycles. The fourth-order valence-electron chi connectivity index (χ4n) is 2.44. The van der Waals surface area contributed by atoms with E-state index in [1.54, 1.807) is 16.9 Å². The summed E-state index contributed by atoms with van der Waals surface area (Å²) in [6.07, 6.45) is 7.33. The van der Waals surface area contributed by atoms with Crippen LogP contribution in [0.4, 0.5) is 11.5 Å². The van der Waals surface area contributed by atoms with Crippen LogP contribution in [0.25, 0.3) is 0 Å². The van der Waals surface area contributed by atoms with E-state index in [1.807, 2.05) is 6.20 Å². The first kappa shape index (κ1) is 13.7. The zero-order valence-electron chi connectivity index (χ0n) is 11.1. The summed E-state index contributed by atoms with van der Waals surface area (Å²) in [4.78, 5) is 2.23. The molecule has 1 atom stereocenters. The molecule has 1 aliphatic rings. The minimum absolute atomic E-state index is 0.825. The van der Waals surface area contributed by atoms with E-state index < -0.39 is 0 Å². The molecule has 4 nitrogen and oxygen atoms in total. The van der Waals surface area contributed by atoms with E-state index in [2.05, 4.69) is 33.5 Å². The van der Waals surface area contributed by atoms with E-state index in [-0.39, 0.29) is 0 Å². The summed E-state index contributed by atoms with van der Waals surface area (Å²) < 4.78 is 0. The van der Waals surface area contributed by atoms with Gasteiger partial charge in [-0.1, -0.05) is 0 Å². The van der Waals surface area contributed by atoms with Gasteiger partial charge in [0, 0.05) is 0 Å². The average Bonchev–Trinajstić information content (AvgIpc) is 2.90. The Morgan fingerprint density at radius 1 is 1.44 bits per heavy atom. The Bertz CT molecular complexity index is 366. The van der Waals surface area contributed by atoms with Crippen LogP contribution in [0, 0.1) is 5.92 Å². The summed E-state index contributed by atoms with van der Waals surface area (Å²) in [5.74, 6) is 1.74. The number of nitrogens with zero attached hydrogens (tertiary/aromatic N) is 3. The van der Waals surface area contributed by atoms with E-state index in [0.717, 1.165) is 30.5 Å². The molecule has 1 fully saturated rings. The average molecular weight is 310 g/mol. The third-order valence-corrected chi connectivity index (χ3v) is 4.13. The van der Waals surface area contributed by atoms with E-state index in [1.165, 1.54) is 30.9 Å². The van der Waals surface area contributed by atoms with Crippen LogP contribution in [0.15, 0.2) is 12.3 Å². The van der Waals surface area contributed by atoms with Gasteiger partial charge in [-0.05, 0) is 0 Å². The monoisotopic (exact) mass is 310 g/mol. The van der Waals surface area contributed by atoms with Crippen molar-refractivity contribution < 1.29 is 0 Å². The molecule has 1 aromatic rings. The van der Waals surface area contributed by atoms with Crippen molar-refractivity contribution in [3.8, 4) is 0 Å². The SMILES string of the molecule is CN(CC[AsH2])c1cnnc(NCC2CCCC2)c1. The molecule has 1 aliphatic carbocycles. The third kappa shape index (κ3) is 3.87. The molecule has 0 saturated heterocycles. The van der Waals surface area contributed by atoms with Crippen LogP contribution >= 0.6 is 0 Å². The molecule has 1 saturated carbocycles. The Hall–Kier alpha value is -0.762. The first-order valence-corrected chi connectivity index (χ1v) is 8.48. The van der Waals surface area contributed by atoms with Gasteiger partial charge >= 0.3 is 118 Å². The zero-order valence-corrected chi connectivity index (χ0v) is 13.5. The fourth-order valence-corrected chi connectivity index (χ4v) is 3.25. The maximum absolute atomic E-state index is 4.16. The quantitative estimate of drug-likeness (QED) is 0.810. The summed E-state index contributed by atoms with van der Waals surface area (Å²) >= 11 is 1.76. The molecule has 0 bridgehead atoms. The standard InChI is InChI=1S/C13H23AsN4/c1-18(7-6-14)12-8-13(17-16-10-12)15-9-11-4-2-3-5-11/h8,10-11H,2-7,9,14H2,1H3,(H,15,17). The predicted molar refractivity (Wildman–Crippen MR) is 79.1 cm³/mol. The Labute approximate surface area is 118 Å². The van der Waals surface area contributed by atoms with E-state index in [4.69, 9.17) is 0 Å². The Morgan fingerprint density at radius 3 is 2.94 bits per heavy atom. The number of anilines is 2. The summed E-state index contributed by atoms with van der Waals surface area (Å²) in [6.45, 7) is 2.12. The molecule has 5 heteroatoms. The predicted octanol–water partition coefficient (Wildman–Crippen LogP) is 1.57. The molecular formula is C13H23AsN4. The molecule has 0 radical (unpaired) electrons. The molecule has 0 aromatic carbocycles. The van der Waals surface area contributed by atoms with Crippen LogP contribution in [0.2, 0.25) is 5.21 Å². The van der Waals surface area contributed by atoms with Gasteiger partial charge in [-0.25, -0.2) is 0 Å². The van der Waals surface area contributed by atoms with Gasteiger partial charge in [-0.3, -0.25) is 0 Å². The second kappa shape index (κ2) is 6.98. The van der Waals surface area contributed by atoms with Crippen molar-refractivity contribution in [2.45, 2.75) is 30.9 Å². The van der Waals surface area contributed by atoms with Gasteiger partial charge in [0.2, 0.25) is 0 Å². The van der Waals surface area contributed by atoms with Crippen LogP contribution in [0.5, 0.6) is 0 Å². The fraction of sp³-hybridized carbons (Fsp3) is 0.692. The summed E-state index contributed by atoms with van der Waals surface area (Å²) in [5, 5.41) is 12.9. The number of hydrogen-bond donors (Lipinski definition) is 1. The van der Waals surface area contributed by atoms with Crippen molar-refractivity contribution in [3.05, 3.63) is 12.3 Å². The second-order valence-electron chi connectivity index (χ2n) is 5.04. The van der Waals surface area contributed by atoms with Crippen molar-refractivity contribution in [2.24, 2.45) is 5.92 Å². The second-order valence-corrected chi connectivity index (χ2v) is 6.25. The van der Waals surface area contributed by atoms with Crippen molar-refractivity contribution in [1.29, 1.82) is 0 Å².